The number of benzene rings is 2. The number of esters is 2. The van der Waals surface area contributed by atoms with Gasteiger partial charge in [-0.05, 0) is 57.3 Å². The molecule has 0 bridgehead atoms. The van der Waals surface area contributed by atoms with Gasteiger partial charge in [0, 0.05) is 24.2 Å². The number of sulfonamides is 1. The Morgan fingerprint density at radius 2 is 1.78 bits per heavy atom. The van der Waals surface area contributed by atoms with Gasteiger partial charge in [0.1, 0.15) is 35.5 Å². The molecule has 4 N–H and O–H groups in total. The monoisotopic (exact) mass is 670 g/mol. The number of ketones is 1. The van der Waals surface area contributed by atoms with Gasteiger partial charge in [0.15, 0.2) is 5.78 Å². The summed E-state index contributed by atoms with van der Waals surface area (Å²) in [6.07, 6.45) is 1.47. The van der Waals surface area contributed by atoms with Crippen LogP contribution in [0.3, 0.4) is 0 Å². The summed E-state index contributed by atoms with van der Waals surface area (Å²) in [6.45, 7) is 3.07. The second-order valence-electron chi connectivity index (χ2n) is 10.2. The van der Waals surface area contributed by atoms with Crippen LogP contribution in [0.1, 0.15) is 40.3 Å². The van der Waals surface area contributed by atoms with E-state index in [4.69, 9.17) is 30.6 Å². The highest BCUT2D eigenvalue weighted by Crippen LogP contribution is 2.29. The Kier molecular flexibility index (Phi) is 12.6. The summed E-state index contributed by atoms with van der Waals surface area (Å²) in [5, 5.41) is 10.9. The molecule has 0 aliphatic rings. The Bertz CT molecular complexity index is 1600. The maximum absolute atomic E-state index is 13.4. The quantitative estimate of drug-likeness (QED) is 0.151. The first-order valence-corrected chi connectivity index (χ1v) is 15.5. The molecule has 2 aromatic carbocycles. The zero-order valence-corrected chi connectivity index (χ0v) is 26.2. The van der Waals surface area contributed by atoms with Crippen molar-refractivity contribution in [2.75, 3.05) is 38.7 Å². The molecule has 244 valence electrons. The van der Waals surface area contributed by atoms with E-state index in [9.17, 15) is 31.6 Å². The van der Waals surface area contributed by atoms with Crippen molar-refractivity contribution < 1.29 is 45.5 Å². The van der Waals surface area contributed by atoms with E-state index in [2.05, 4.69) is 10.6 Å². The lowest BCUT2D eigenvalue weighted by atomic mass is 10.0. The van der Waals surface area contributed by atoms with Crippen molar-refractivity contribution in [2.24, 2.45) is 5.14 Å². The zero-order valence-electron chi connectivity index (χ0n) is 24.6. The maximum Gasteiger partial charge on any atom is 0.340 e. The number of carbonyl (C=O) groups excluding carboxylic acids is 3. The van der Waals surface area contributed by atoms with Crippen LogP contribution in [0, 0.1) is 11.6 Å². The fourth-order valence-electron chi connectivity index (χ4n) is 4.11. The van der Waals surface area contributed by atoms with Gasteiger partial charge in [-0.25, -0.2) is 27.1 Å². The topological polar surface area (TPSA) is 170 Å². The third-order valence-electron chi connectivity index (χ3n) is 6.31. The van der Waals surface area contributed by atoms with Gasteiger partial charge in [0.25, 0.3) is 0 Å². The van der Waals surface area contributed by atoms with Crippen LogP contribution in [-0.2, 0) is 30.8 Å². The van der Waals surface area contributed by atoms with Crippen LogP contribution in [0.4, 0.5) is 14.5 Å². The summed E-state index contributed by atoms with van der Waals surface area (Å²) >= 11 is 6.10. The minimum absolute atomic E-state index is 0.0898. The van der Waals surface area contributed by atoms with E-state index in [1.807, 2.05) is 0 Å². The highest BCUT2D eigenvalue weighted by molar-refractivity contribution is 7.89. The molecule has 2 atom stereocenters. The molecule has 0 aliphatic carbocycles. The van der Waals surface area contributed by atoms with Gasteiger partial charge < -0.3 is 24.5 Å². The molecule has 0 radical (unpaired) electrons. The Hall–Kier alpha value is -3.89. The van der Waals surface area contributed by atoms with E-state index in [0.717, 1.165) is 18.2 Å². The Labute approximate surface area is 263 Å². The number of likely N-dealkylation sites (N-methyl/N-ethyl adjacent to an activating group) is 1. The van der Waals surface area contributed by atoms with Gasteiger partial charge in [-0.15, -0.1) is 0 Å². The van der Waals surface area contributed by atoms with E-state index >= 15 is 0 Å². The Morgan fingerprint density at radius 1 is 1.09 bits per heavy atom. The van der Waals surface area contributed by atoms with Crippen molar-refractivity contribution in [3.8, 4) is 0 Å². The smallest absolute Gasteiger partial charge is 0.340 e. The van der Waals surface area contributed by atoms with Crippen LogP contribution in [0.25, 0.3) is 0 Å². The molecular weight excluding hydrogens is 638 g/mol. The fourth-order valence-corrected chi connectivity index (χ4v) is 5.21. The van der Waals surface area contributed by atoms with Crippen LogP contribution in [0.15, 0.2) is 58.0 Å². The standard InChI is InChI=1S/C29H33ClF2N4O8S/c1-17(35-18(2)28(38)19-9-20(31)11-21(32)10-19)16-44-27(37)15-36(3)6-8-43-29(39)23-12-26(45(33,40)41)24(30)13-25(23)34-14-22-5-4-7-42-22/h4-5,7,9-13,17-18,34-35H,6,8,14-16H2,1-3H3,(H2,33,40,41)/t17?,18-/m0/s1. The lowest BCUT2D eigenvalue weighted by Gasteiger charge is -2.20. The molecule has 0 saturated heterocycles. The van der Waals surface area contributed by atoms with Gasteiger partial charge in [0.2, 0.25) is 10.0 Å². The van der Waals surface area contributed by atoms with Crippen molar-refractivity contribution in [1.82, 2.24) is 10.2 Å². The van der Waals surface area contributed by atoms with Gasteiger partial charge in [0.05, 0.1) is 41.7 Å². The summed E-state index contributed by atoms with van der Waals surface area (Å²) in [7, 11) is -2.65. The van der Waals surface area contributed by atoms with Crippen molar-refractivity contribution in [1.29, 1.82) is 0 Å². The summed E-state index contributed by atoms with van der Waals surface area (Å²) in [5.74, 6) is -3.17. The Morgan fingerprint density at radius 3 is 2.40 bits per heavy atom. The van der Waals surface area contributed by atoms with Crippen LogP contribution < -0.4 is 15.8 Å². The predicted octanol–water partition coefficient (Wildman–Crippen LogP) is 3.35. The van der Waals surface area contributed by atoms with Crippen molar-refractivity contribution in [3.05, 3.63) is 82.3 Å². The molecule has 0 spiro atoms. The van der Waals surface area contributed by atoms with E-state index < -0.39 is 56.4 Å². The minimum atomic E-state index is -4.24. The fraction of sp³-hybridized carbons (Fsp3) is 0.345. The number of nitrogens with two attached hydrogens (primary N) is 1. The predicted molar refractivity (Wildman–Crippen MR) is 160 cm³/mol. The second-order valence-corrected chi connectivity index (χ2v) is 12.1. The van der Waals surface area contributed by atoms with Gasteiger partial charge in [-0.2, -0.15) is 0 Å². The van der Waals surface area contributed by atoms with Gasteiger partial charge in [-0.1, -0.05) is 11.6 Å². The molecule has 1 heterocycles. The van der Waals surface area contributed by atoms with Crippen LogP contribution in [-0.4, -0.2) is 76.5 Å². The average Bonchev–Trinajstić information content (AvgIpc) is 3.47. The lowest BCUT2D eigenvalue weighted by molar-refractivity contribution is -0.145. The molecule has 0 fully saturated rings. The third-order valence-corrected chi connectivity index (χ3v) is 7.68. The zero-order chi connectivity index (χ0) is 33.3. The number of halogens is 3. The summed E-state index contributed by atoms with van der Waals surface area (Å²) in [5.41, 5.74) is -0.0670. The molecular formula is C29H33ClF2N4O8S. The molecule has 3 aromatic rings. The third kappa shape index (κ3) is 10.9. The number of primary sulfonamides is 1. The van der Waals surface area contributed by atoms with Crippen LogP contribution >= 0.6 is 11.6 Å². The number of furan rings is 1. The average molecular weight is 671 g/mol. The first-order valence-electron chi connectivity index (χ1n) is 13.5. The number of anilines is 1. The number of carbonyl (C=O) groups is 3. The number of rotatable bonds is 16. The number of ether oxygens (including phenoxy) is 2. The van der Waals surface area contributed by atoms with E-state index in [-0.39, 0.29) is 54.7 Å². The molecule has 1 unspecified atom stereocenters. The minimum Gasteiger partial charge on any atom is -0.467 e. The molecule has 0 saturated carbocycles. The van der Waals surface area contributed by atoms with E-state index in [1.165, 1.54) is 24.2 Å². The Balaban J connectivity index is 1.48. The van der Waals surface area contributed by atoms with Crippen molar-refractivity contribution >= 4 is 45.0 Å². The second kappa shape index (κ2) is 15.9. The normalized spacial score (nSPS) is 12.9. The van der Waals surface area contributed by atoms with Gasteiger partial charge in [-0.3, -0.25) is 14.5 Å². The largest absolute Gasteiger partial charge is 0.467 e. The number of Topliss-reactive ketones (excluding diaryl/α,β-unsaturated/α-hetero) is 1. The molecule has 1 aromatic heterocycles. The first-order chi connectivity index (χ1) is 21.1. The molecule has 16 heteroatoms. The number of nitrogens with one attached hydrogen (secondary N) is 2. The number of hydrogen-bond acceptors (Lipinski definition) is 11. The molecule has 0 aliphatic heterocycles. The molecule has 0 amide bonds. The summed E-state index contributed by atoms with van der Waals surface area (Å²) in [6, 6.07) is 6.93. The van der Waals surface area contributed by atoms with E-state index in [0.29, 0.717) is 11.8 Å². The molecule has 3 rings (SSSR count). The van der Waals surface area contributed by atoms with E-state index in [1.54, 1.807) is 26.1 Å². The summed E-state index contributed by atoms with van der Waals surface area (Å²) < 4.78 is 66.6. The highest BCUT2D eigenvalue weighted by atomic mass is 35.5. The maximum atomic E-state index is 13.4. The van der Waals surface area contributed by atoms with Crippen molar-refractivity contribution in [3.63, 3.8) is 0 Å². The number of hydrogen-bond donors (Lipinski definition) is 3. The van der Waals surface area contributed by atoms with Crippen LogP contribution in [0.5, 0.6) is 0 Å². The van der Waals surface area contributed by atoms with Crippen molar-refractivity contribution in [2.45, 2.75) is 37.4 Å². The SMILES string of the molecule is CC(COC(=O)CN(C)CCOC(=O)c1cc(S(N)(=O)=O)c(Cl)cc1NCc1ccco1)N[C@@H](C)C(=O)c1cc(F)cc(F)c1. The summed E-state index contributed by atoms with van der Waals surface area (Å²) in [4.78, 5) is 38.8. The molecule has 45 heavy (non-hydrogen) atoms. The first kappa shape index (κ1) is 35.6. The van der Waals surface area contributed by atoms with Gasteiger partial charge >= 0.3 is 11.9 Å². The highest BCUT2D eigenvalue weighted by Gasteiger charge is 2.23. The molecule has 12 nitrogen and oxygen atoms in total. The van der Waals surface area contributed by atoms with Crippen LogP contribution in [0.2, 0.25) is 5.02 Å². The number of nitrogens with zero attached hydrogens (tertiary/aromatic N) is 1. The lowest BCUT2D eigenvalue weighted by Crippen LogP contribution is -2.43.